The van der Waals surface area contributed by atoms with Crippen LogP contribution in [0.1, 0.15) is 31.8 Å². The monoisotopic (exact) mass is 684 g/mol. The normalized spacial score (nSPS) is 12.3. The number of ketones is 1. The molecule has 1 heterocycles. The molecule has 0 N–H and O–H groups in total. The van der Waals surface area contributed by atoms with Gasteiger partial charge in [-0.2, -0.15) is 26.3 Å². The molecular formula is C25H17Br2F7N2O3. The van der Waals surface area contributed by atoms with E-state index in [1.807, 2.05) is 0 Å². The molecule has 0 aliphatic carbocycles. The first kappa shape index (κ1) is 30.5. The molecule has 0 saturated carbocycles. The average Bonchev–Trinajstić information content (AvgIpc) is 2.86. The smallest absolute Gasteiger partial charge is 0.435 e. The lowest BCUT2D eigenvalue weighted by atomic mass is 9.94. The number of anilines is 1. The van der Waals surface area contributed by atoms with Crippen LogP contribution in [0.4, 0.5) is 36.4 Å². The van der Waals surface area contributed by atoms with Crippen LogP contribution in [-0.4, -0.2) is 43.2 Å². The third kappa shape index (κ3) is 5.81. The standard InChI is InChI=1S/C25H17Br2F7N2O3/c1-36(20-17(26)11-15(12-18(20)27)23(28,24(29,30)31)25(32,33)34)22(38)16-5-3-4-14(21(16)39-2)10-19(37)13-6-8-35-9-7-13/h3-9,11-12H,10H2,1-2H3. The number of benzene rings is 2. The van der Waals surface area contributed by atoms with E-state index in [1.165, 1.54) is 50.8 Å². The molecule has 2 aromatic carbocycles. The minimum absolute atomic E-state index is 0.0394. The predicted molar refractivity (Wildman–Crippen MR) is 135 cm³/mol. The molecule has 0 radical (unpaired) electrons. The first-order valence-corrected chi connectivity index (χ1v) is 12.3. The molecule has 1 aromatic heterocycles. The van der Waals surface area contributed by atoms with Gasteiger partial charge in [0.25, 0.3) is 5.91 Å². The number of para-hydroxylation sites is 1. The van der Waals surface area contributed by atoms with Crippen LogP contribution in [0, 0.1) is 0 Å². The molecule has 0 aliphatic rings. The van der Waals surface area contributed by atoms with Crippen LogP contribution in [0.5, 0.6) is 5.75 Å². The molecule has 208 valence electrons. The lowest BCUT2D eigenvalue weighted by Crippen LogP contribution is -2.50. The quantitative estimate of drug-likeness (QED) is 0.190. The number of aromatic nitrogens is 1. The number of hydrogen-bond donors (Lipinski definition) is 0. The van der Waals surface area contributed by atoms with Gasteiger partial charge in [0.2, 0.25) is 0 Å². The van der Waals surface area contributed by atoms with Gasteiger partial charge in [-0.1, -0.05) is 12.1 Å². The second-order valence-electron chi connectivity index (χ2n) is 8.14. The summed E-state index contributed by atoms with van der Waals surface area (Å²) in [7, 11) is 2.47. The van der Waals surface area contributed by atoms with Crippen molar-refractivity contribution in [2.24, 2.45) is 0 Å². The number of nitrogens with zero attached hydrogens (tertiary/aromatic N) is 2. The molecule has 3 aromatic rings. The molecule has 1 amide bonds. The van der Waals surface area contributed by atoms with Gasteiger partial charge in [0.05, 0.1) is 18.4 Å². The van der Waals surface area contributed by atoms with Crippen LogP contribution < -0.4 is 9.64 Å². The number of Topliss-reactive ketones (excluding diaryl/α,β-unsaturated/α-hetero) is 1. The number of carbonyl (C=O) groups excluding carboxylic acids is 2. The van der Waals surface area contributed by atoms with Crippen molar-refractivity contribution in [3.63, 3.8) is 0 Å². The van der Waals surface area contributed by atoms with Crippen molar-refractivity contribution in [1.82, 2.24) is 4.98 Å². The molecule has 5 nitrogen and oxygen atoms in total. The van der Waals surface area contributed by atoms with Crippen LogP contribution in [0.25, 0.3) is 0 Å². The minimum atomic E-state index is -6.31. The van der Waals surface area contributed by atoms with E-state index in [9.17, 15) is 40.3 Å². The number of methoxy groups -OCH3 is 1. The zero-order chi connectivity index (χ0) is 29.3. The van der Waals surface area contributed by atoms with Gasteiger partial charge in [-0.05, 0) is 62.2 Å². The molecule has 0 spiro atoms. The van der Waals surface area contributed by atoms with Crippen LogP contribution in [0.3, 0.4) is 0 Å². The van der Waals surface area contributed by atoms with Crippen molar-refractivity contribution in [1.29, 1.82) is 0 Å². The number of rotatable bonds is 7. The predicted octanol–water partition coefficient (Wildman–Crippen LogP) is 7.61. The van der Waals surface area contributed by atoms with Crippen LogP contribution in [-0.2, 0) is 12.1 Å². The third-order valence-corrected chi connectivity index (χ3v) is 6.93. The Morgan fingerprint density at radius 1 is 0.923 bits per heavy atom. The summed E-state index contributed by atoms with van der Waals surface area (Å²) >= 11 is 5.74. The van der Waals surface area contributed by atoms with E-state index in [4.69, 9.17) is 4.74 Å². The maximum absolute atomic E-state index is 14.6. The maximum atomic E-state index is 14.6. The number of amides is 1. The fourth-order valence-corrected chi connectivity index (χ4v) is 5.52. The van der Waals surface area contributed by atoms with Crippen LogP contribution >= 0.6 is 31.9 Å². The fraction of sp³-hybridized carbons (Fsp3) is 0.240. The van der Waals surface area contributed by atoms with Crippen molar-refractivity contribution in [2.75, 3.05) is 19.1 Å². The maximum Gasteiger partial charge on any atom is 0.435 e. The largest absolute Gasteiger partial charge is 0.496 e. The molecule has 0 atom stereocenters. The van der Waals surface area contributed by atoms with E-state index < -0.39 is 38.4 Å². The molecular weight excluding hydrogens is 669 g/mol. The molecule has 0 bridgehead atoms. The Morgan fingerprint density at radius 3 is 1.95 bits per heavy atom. The Kier molecular flexibility index (Phi) is 8.80. The topological polar surface area (TPSA) is 59.5 Å². The molecule has 14 heteroatoms. The number of ether oxygens (including phenoxy) is 1. The van der Waals surface area contributed by atoms with Crippen LogP contribution in [0.15, 0.2) is 63.8 Å². The van der Waals surface area contributed by atoms with Crippen LogP contribution in [0.2, 0.25) is 0 Å². The number of halogens is 9. The van der Waals surface area contributed by atoms with Gasteiger partial charge in [-0.3, -0.25) is 14.6 Å². The number of alkyl halides is 7. The van der Waals surface area contributed by atoms with Gasteiger partial charge in [-0.15, -0.1) is 0 Å². The Balaban J connectivity index is 2.02. The summed E-state index contributed by atoms with van der Waals surface area (Å²) in [6, 6.07) is 8.06. The fourth-order valence-electron chi connectivity index (χ4n) is 3.80. The average molecular weight is 686 g/mol. The summed E-state index contributed by atoms with van der Waals surface area (Å²) < 4.78 is 98.6. The SMILES string of the molecule is COc1c(CC(=O)c2ccncc2)cccc1C(=O)N(C)c1c(Br)cc(C(F)(C(F)(F)F)C(F)(F)F)cc1Br. The summed E-state index contributed by atoms with van der Waals surface area (Å²) in [4.78, 5) is 30.9. The van der Waals surface area contributed by atoms with Gasteiger partial charge in [0, 0.05) is 51.5 Å². The summed E-state index contributed by atoms with van der Waals surface area (Å²) in [5.74, 6) is -1.03. The molecule has 39 heavy (non-hydrogen) atoms. The minimum Gasteiger partial charge on any atom is -0.496 e. The first-order chi connectivity index (χ1) is 18.0. The molecule has 0 aliphatic heterocycles. The van der Waals surface area contributed by atoms with Crippen molar-refractivity contribution < 1.29 is 45.1 Å². The number of hydrogen-bond acceptors (Lipinski definition) is 4. The molecule has 3 rings (SSSR count). The highest BCUT2D eigenvalue weighted by Crippen LogP contribution is 2.54. The molecule has 0 saturated heterocycles. The second kappa shape index (κ2) is 11.2. The zero-order valence-corrected chi connectivity index (χ0v) is 23.1. The van der Waals surface area contributed by atoms with E-state index in [0.29, 0.717) is 23.3 Å². The van der Waals surface area contributed by atoms with E-state index in [-0.39, 0.29) is 29.2 Å². The summed E-state index contributed by atoms with van der Waals surface area (Å²) in [5.41, 5.74) is -6.91. The van der Waals surface area contributed by atoms with Crippen molar-refractivity contribution >= 4 is 49.2 Å². The van der Waals surface area contributed by atoms with Crippen molar-refractivity contribution in [3.05, 3.63) is 86.1 Å². The first-order valence-electron chi connectivity index (χ1n) is 10.7. The second-order valence-corrected chi connectivity index (χ2v) is 9.85. The Labute approximate surface area is 234 Å². The lowest BCUT2D eigenvalue weighted by molar-refractivity contribution is -0.348. The van der Waals surface area contributed by atoms with E-state index >= 15 is 0 Å². The van der Waals surface area contributed by atoms with Gasteiger partial charge in [0.15, 0.2) is 5.78 Å². The number of carbonyl (C=O) groups is 2. The zero-order valence-electron chi connectivity index (χ0n) is 19.9. The molecule has 0 unspecified atom stereocenters. The third-order valence-electron chi connectivity index (χ3n) is 5.72. The Bertz CT molecular complexity index is 1360. The van der Waals surface area contributed by atoms with Crippen molar-refractivity contribution in [2.45, 2.75) is 24.4 Å². The lowest BCUT2D eigenvalue weighted by Gasteiger charge is -2.31. The highest BCUT2D eigenvalue weighted by atomic mass is 79.9. The van der Waals surface area contributed by atoms with Crippen molar-refractivity contribution in [3.8, 4) is 5.75 Å². The summed E-state index contributed by atoms with van der Waals surface area (Å²) in [6.07, 6.45) is -9.88. The van der Waals surface area contributed by atoms with E-state index in [0.717, 1.165) is 4.90 Å². The Hall–Kier alpha value is -3.00. The van der Waals surface area contributed by atoms with E-state index in [2.05, 4.69) is 36.8 Å². The number of pyridine rings is 1. The highest BCUT2D eigenvalue weighted by Gasteiger charge is 2.73. The Morgan fingerprint density at radius 2 is 1.46 bits per heavy atom. The highest BCUT2D eigenvalue weighted by molar-refractivity contribution is 9.11. The van der Waals surface area contributed by atoms with Gasteiger partial charge < -0.3 is 9.64 Å². The summed E-state index contributed by atoms with van der Waals surface area (Å²) in [5, 5.41) is 0. The van der Waals surface area contributed by atoms with E-state index in [1.54, 1.807) is 6.07 Å². The van der Waals surface area contributed by atoms with Gasteiger partial charge >= 0.3 is 18.0 Å². The van der Waals surface area contributed by atoms with Gasteiger partial charge in [-0.25, -0.2) is 4.39 Å². The summed E-state index contributed by atoms with van der Waals surface area (Å²) in [6.45, 7) is 0. The molecule has 0 fully saturated rings. The van der Waals surface area contributed by atoms with Gasteiger partial charge in [0.1, 0.15) is 5.75 Å².